The summed E-state index contributed by atoms with van der Waals surface area (Å²) in [7, 11) is 1.56. The molecule has 3 atom stereocenters. The second-order valence-electron chi connectivity index (χ2n) is 6.10. The molecule has 0 radical (unpaired) electrons. The topological polar surface area (TPSA) is 64.3 Å². The Hall–Kier alpha value is -1.71. The third-order valence-corrected chi connectivity index (χ3v) is 4.88. The van der Waals surface area contributed by atoms with Crippen LogP contribution < -0.4 is 15.8 Å². The maximum absolute atomic E-state index is 12.3. The number of amides is 1. The van der Waals surface area contributed by atoms with Gasteiger partial charge in [0.05, 0.1) is 12.7 Å². The van der Waals surface area contributed by atoms with Gasteiger partial charge in [-0.15, -0.1) is 0 Å². The smallest absolute Gasteiger partial charge is 0.255 e. The zero-order valence-electron chi connectivity index (χ0n) is 11.9. The Labute approximate surface area is 119 Å². The Bertz CT molecular complexity index is 515. The molecule has 2 aliphatic carbocycles. The van der Waals surface area contributed by atoms with Gasteiger partial charge in [0.1, 0.15) is 5.75 Å². The molecular weight excluding hydrogens is 252 g/mol. The number of carbonyl (C=O) groups excluding carboxylic acids is 1. The fourth-order valence-electron chi connectivity index (χ4n) is 3.84. The highest BCUT2D eigenvalue weighted by Gasteiger charge is 2.39. The monoisotopic (exact) mass is 274 g/mol. The van der Waals surface area contributed by atoms with Crippen LogP contribution in [0.2, 0.25) is 0 Å². The Morgan fingerprint density at radius 3 is 2.90 bits per heavy atom. The van der Waals surface area contributed by atoms with Gasteiger partial charge in [-0.1, -0.05) is 6.42 Å². The van der Waals surface area contributed by atoms with E-state index in [2.05, 4.69) is 5.32 Å². The number of nitrogens with one attached hydrogen (secondary N) is 1. The van der Waals surface area contributed by atoms with Crippen LogP contribution in [0.4, 0.5) is 5.69 Å². The lowest BCUT2D eigenvalue weighted by atomic mass is 9.89. The van der Waals surface area contributed by atoms with Crippen molar-refractivity contribution in [3.63, 3.8) is 0 Å². The molecule has 2 aliphatic rings. The molecule has 0 heterocycles. The Kier molecular flexibility index (Phi) is 3.55. The number of nitrogen functional groups attached to an aromatic ring is 1. The Balaban J connectivity index is 1.62. The number of nitrogens with two attached hydrogens (primary N) is 1. The molecule has 1 aromatic carbocycles. The van der Waals surface area contributed by atoms with Crippen LogP contribution in [0.5, 0.6) is 5.75 Å². The third-order valence-electron chi connectivity index (χ3n) is 4.88. The minimum Gasteiger partial charge on any atom is -0.496 e. The molecule has 20 heavy (non-hydrogen) atoms. The molecule has 2 saturated carbocycles. The number of ether oxygens (including phenoxy) is 1. The van der Waals surface area contributed by atoms with Crippen LogP contribution >= 0.6 is 0 Å². The van der Waals surface area contributed by atoms with Crippen molar-refractivity contribution in [3.05, 3.63) is 23.8 Å². The molecule has 1 aromatic rings. The van der Waals surface area contributed by atoms with E-state index in [1.165, 1.54) is 25.7 Å². The van der Waals surface area contributed by atoms with Gasteiger partial charge in [-0.25, -0.2) is 0 Å². The number of rotatable bonds is 4. The summed E-state index contributed by atoms with van der Waals surface area (Å²) in [4.78, 5) is 12.3. The molecule has 2 bridgehead atoms. The number of hydrogen-bond acceptors (Lipinski definition) is 3. The number of methoxy groups -OCH3 is 1. The van der Waals surface area contributed by atoms with E-state index in [-0.39, 0.29) is 5.91 Å². The summed E-state index contributed by atoms with van der Waals surface area (Å²) in [5, 5.41) is 3.06. The van der Waals surface area contributed by atoms with Gasteiger partial charge in [-0.05, 0) is 49.1 Å². The van der Waals surface area contributed by atoms with E-state index in [4.69, 9.17) is 10.5 Å². The summed E-state index contributed by atoms with van der Waals surface area (Å²) in [5.41, 5.74) is 6.87. The van der Waals surface area contributed by atoms with Crippen molar-refractivity contribution < 1.29 is 9.53 Å². The summed E-state index contributed by atoms with van der Waals surface area (Å²) >= 11 is 0. The van der Waals surface area contributed by atoms with Crippen LogP contribution in [0, 0.1) is 17.8 Å². The van der Waals surface area contributed by atoms with Gasteiger partial charge >= 0.3 is 0 Å². The van der Waals surface area contributed by atoms with Gasteiger partial charge in [-0.3, -0.25) is 4.79 Å². The number of benzene rings is 1. The van der Waals surface area contributed by atoms with Crippen molar-refractivity contribution in [2.75, 3.05) is 19.4 Å². The molecule has 0 spiro atoms. The highest BCUT2D eigenvalue weighted by atomic mass is 16.5. The first-order valence-corrected chi connectivity index (χ1v) is 7.39. The van der Waals surface area contributed by atoms with E-state index in [9.17, 15) is 4.79 Å². The van der Waals surface area contributed by atoms with Gasteiger partial charge in [0.25, 0.3) is 5.91 Å². The van der Waals surface area contributed by atoms with E-state index >= 15 is 0 Å². The molecule has 0 saturated heterocycles. The standard InChI is InChI=1S/C16H22N2O2/c1-20-15-8-13(17)4-5-14(15)16(19)18-9-12-7-10-2-3-11(12)6-10/h4-5,8,10-12H,2-3,6-7,9,17H2,1H3,(H,18,19). The molecule has 3 unspecified atom stereocenters. The average Bonchev–Trinajstić information content (AvgIpc) is 3.07. The molecule has 2 fully saturated rings. The largest absolute Gasteiger partial charge is 0.496 e. The fraction of sp³-hybridized carbons (Fsp3) is 0.562. The maximum Gasteiger partial charge on any atom is 0.255 e. The van der Waals surface area contributed by atoms with Crippen molar-refractivity contribution in [1.29, 1.82) is 0 Å². The summed E-state index contributed by atoms with van der Waals surface area (Å²) in [6, 6.07) is 5.14. The molecule has 3 rings (SSSR count). The van der Waals surface area contributed by atoms with Gasteiger partial charge in [0.2, 0.25) is 0 Å². The van der Waals surface area contributed by atoms with Crippen molar-refractivity contribution in [2.24, 2.45) is 17.8 Å². The number of carbonyl (C=O) groups is 1. The Morgan fingerprint density at radius 2 is 2.25 bits per heavy atom. The number of fused-ring (bicyclic) bond motifs is 2. The quantitative estimate of drug-likeness (QED) is 0.829. The van der Waals surface area contributed by atoms with Gasteiger partial charge in [0, 0.05) is 18.3 Å². The lowest BCUT2D eigenvalue weighted by Crippen LogP contribution is -2.31. The third kappa shape index (κ3) is 2.47. The van der Waals surface area contributed by atoms with Crippen molar-refractivity contribution >= 4 is 11.6 Å². The summed E-state index contributed by atoms with van der Waals surface area (Å²) < 4.78 is 5.23. The maximum atomic E-state index is 12.3. The Morgan fingerprint density at radius 1 is 1.40 bits per heavy atom. The molecule has 1 amide bonds. The molecule has 3 N–H and O–H groups in total. The van der Waals surface area contributed by atoms with Gasteiger partial charge < -0.3 is 15.8 Å². The SMILES string of the molecule is COc1cc(N)ccc1C(=O)NCC1CC2CCC1C2. The van der Waals surface area contributed by atoms with Crippen LogP contribution in [-0.4, -0.2) is 19.6 Å². The lowest BCUT2D eigenvalue weighted by Gasteiger charge is -2.22. The normalized spacial score (nSPS) is 27.6. The molecule has 0 aromatic heterocycles. The van der Waals surface area contributed by atoms with E-state index in [1.807, 2.05) is 0 Å². The predicted octanol–water partition coefficient (Wildman–Crippen LogP) is 2.44. The van der Waals surface area contributed by atoms with Crippen molar-refractivity contribution in [2.45, 2.75) is 25.7 Å². The second kappa shape index (κ2) is 5.35. The molecule has 108 valence electrons. The first-order chi connectivity index (χ1) is 9.67. The van der Waals surface area contributed by atoms with E-state index < -0.39 is 0 Å². The number of hydrogen-bond donors (Lipinski definition) is 2. The molecule has 0 aliphatic heterocycles. The lowest BCUT2D eigenvalue weighted by molar-refractivity contribution is 0.0939. The van der Waals surface area contributed by atoms with Crippen LogP contribution in [0.3, 0.4) is 0 Å². The summed E-state index contributed by atoms with van der Waals surface area (Å²) in [6.45, 7) is 0.785. The first kappa shape index (κ1) is 13.3. The van der Waals surface area contributed by atoms with Crippen LogP contribution in [0.15, 0.2) is 18.2 Å². The summed E-state index contributed by atoms with van der Waals surface area (Å²) in [5.74, 6) is 2.87. The molecular formula is C16H22N2O2. The van der Waals surface area contributed by atoms with Crippen LogP contribution in [0.25, 0.3) is 0 Å². The fourth-order valence-corrected chi connectivity index (χ4v) is 3.84. The van der Waals surface area contributed by atoms with Crippen LogP contribution in [0.1, 0.15) is 36.0 Å². The highest BCUT2D eigenvalue weighted by molar-refractivity contribution is 5.97. The minimum atomic E-state index is -0.0652. The number of anilines is 1. The molecule has 4 nitrogen and oxygen atoms in total. The first-order valence-electron chi connectivity index (χ1n) is 7.39. The van der Waals surface area contributed by atoms with E-state index in [1.54, 1.807) is 25.3 Å². The minimum absolute atomic E-state index is 0.0652. The predicted molar refractivity (Wildman–Crippen MR) is 78.7 cm³/mol. The van der Waals surface area contributed by atoms with E-state index in [0.29, 0.717) is 22.9 Å². The second-order valence-corrected chi connectivity index (χ2v) is 6.10. The van der Waals surface area contributed by atoms with Crippen molar-refractivity contribution in [3.8, 4) is 5.75 Å². The van der Waals surface area contributed by atoms with Crippen molar-refractivity contribution in [1.82, 2.24) is 5.32 Å². The molecule has 4 heteroatoms. The van der Waals surface area contributed by atoms with Crippen LogP contribution in [-0.2, 0) is 0 Å². The summed E-state index contributed by atoms with van der Waals surface area (Å²) in [6.07, 6.45) is 5.38. The van der Waals surface area contributed by atoms with Gasteiger partial charge in [-0.2, -0.15) is 0 Å². The zero-order valence-corrected chi connectivity index (χ0v) is 11.9. The van der Waals surface area contributed by atoms with E-state index in [0.717, 1.165) is 18.4 Å². The van der Waals surface area contributed by atoms with Gasteiger partial charge in [0.15, 0.2) is 0 Å². The zero-order chi connectivity index (χ0) is 14.1. The average molecular weight is 274 g/mol. The highest BCUT2D eigenvalue weighted by Crippen LogP contribution is 2.47.